The molecule has 564 valence electrons. The normalized spacial score (nSPS) is 17.2. The summed E-state index contributed by atoms with van der Waals surface area (Å²) in [7, 11) is 0. The maximum absolute atomic E-state index is 6.01. The fourth-order valence-corrected chi connectivity index (χ4v) is 22.6. The molecule has 0 amide bonds. The van der Waals surface area contributed by atoms with Crippen LogP contribution in [0.25, 0.3) is 119 Å². The van der Waals surface area contributed by atoms with E-state index in [2.05, 4.69) is 412 Å². The van der Waals surface area contributed by atoms with Crippen molar-refractivity contribution in [3.63, 3.8) is 0 Å². The number of benzene rings is 7. The highest BCUT2D eigenvalue weighted by Gasteiger charge is 2.44. The molecule has 7 unspecified atom stereocenters. The summed E-state index contributed by atoms with van der Waals surface area (Å²) >= 11 is 5.73. The van der Waals surface area contributed by atoms with Gasteiger partial charge in [-0.2, -0.15) is 18.3 Å². The van der Waals surface area contributed by atoms with E-state index in [-0.39, 0.29) is 0 Å². The molecule has 10 nitrogen and oxygen atoms in total. The predicted molar refractivity (Wildman–Crippen MR) is 465 cm³/mol. The molecular formula is C102H96N9OS3+9. The second-order valence-corrected chi connectivity index (χ2v) is 35.5. The lowest BCUT2D eigenvalue weighted by Crippen LogP contribution is -2.50. The van der Waals surface area contributed by atoms with Crippen LogP contribution < -0.4 is 41.1 Å². The largest absolute Gasteiger partial charge is 0.398 e. The van der Waals surface area contributed by atoms with Gasteiger partial charge in [-0.15, -0.1) is 45.5 Å². The van der Waals surface area contributed by atoms with E-state index in [1.54, 1.807) is 0 Å². The zero-order valence-corrected chi connectivity index (χ0v) is 70.3. The second kappa shape index (κ2) is 29.2. The van der Waals surface area contributed by atoms with E-state index in [1.165, 1.54) is 174 Å². The standard InChI is InChI=1S/C16H14NO.2C16H14NS.C15H14N2.C14H14N.C13H14N2.C12H12NS/c1-10-7-8-12-13(9-10)11(2)17-14-5-3-4-6-15(14)18-16(12)17;1-10-6-7-12-14(9-10)18-16-13-5-3-4-8-17(13)11(2)15(12)16;1-10-7-8-12-13(9-10)11(2)17-14-5-3-4-6-15(14)18-16(12)17;1-10-8-13-6-5-12-4-3-7-16-11(2)17(9-10)15(13)14(12)16;1-10-6-7-12-13(9-10)11(2)15-8-4-3-5-14(12)15;1-10-6-7-13-12-5-3-4-8-14(12)11(2)15(13)9-10;1-8-7-10-9(2)13-6-4-3-5-11(13)12(10)14-8/h3*3-9,11H,1-2H3;3-9,11H,1-2H3;2*3-9,11H,1-2H3;3-7,9H,1-2H3/q3*+1;+2;+1;+2;+1. The van der Waals surface area contributed by atoms with Crippen LogP contribution in [0.5, 0.6) is 0 Å². The number of aromatic nitrogens is 9. The van der Waals surface area contributed by atoms with Crippen molar-refractivity contribution in [3.8, 4) is 65.8 Å². The number of hydrogen-bond donors (Lipinski definition) is 0. The average molecular weight is 1560 g/mol. The average Bonchev–Trinajstić information content (AvgIpc) is 1.60. The number of thiophene rings is 2. The minimum Gasteiger partial charge on any atom is -0.398 e. The van der Waals surface area contributed by atoms with Gasteiger partial charge in [0.05, 0.1) is 46.9 Å². The maximum Gasteiger partial charge on any atom is 0.382 e. The van der Waals surface area contributed by atoms with Gasteiger partial charge >= 0.3 is 18.2 Å². The predicted octanol–water partition coefficient (Wildman–Crippen LogP) is 21.5. The van der Waals surface area contributed by atoms with Crippen LogP contribution in [0.4, 0.5) is 0 Å². The van der Waals surface area contributed by atoms with Gasteiger partial charge in [0.1, 0.15) is 14.5 Å². The van der Waals surface area contributed by atoms with E-state index in [0.717, 1.165) is 11.5 Å². The van der Waals surface area contributed by atoms with Gasteiger partial charge in [-0.25, -0.2) is 0 Å². The molecule has 0 aliphatic carbocycles. The Morgan fingerprint density at radius 1 is 0.304 bits per heavy atom. The first kappa shape index (κ1) is 73.3. The van der Waals surface area contributed by atoms with Crippen molar-refractivity contribution in [2.75, 3.05) is 0 Å². The molecule has 7 aromatic carbocycles. The van der Waals surface area contributed by atoms with Crippen LogP contribution in [-0.2, 0) is 0 Å². The lowest BCUT2D eigenvalue weighted by Gasteiger charge is -2.02. The van der Waals surface area contributed by atoms with Crippen LogP contribution in [0.2, 0.25) is 0 Å². The van der Waals surface area contributed by atoms with Crippen LogP contribution in [0.3, 0.4) is 0 Å². The fourth-order valence-electron chi connectivity index (χ4n) is 18.8. The molecule has 0 N–H and O–H groups in total. The topological polar surface area (TPSA) is 48.1 Å². The molecule has 0 spiro atoms. The summed E-state index contributed by atoms with van der Waals surface area (Å²) in [5.74, 6) is 0.985. The number of oxazole rings is 1. The monoisotopic (exact) mass is 1560 g/mol. The SMILES string of the molecule is Cc1cc2c(s1)-c1cccc[n+]1C2C.Cc1cc2ccc3ccc[n+]4c3c2[n+](c1)C4C.Cc1ccc2[n+](c1)C(C)[n+]1ccccc1-2.Cc1ccc2c(c1)C(C)[n+]1c-2oc2ccccc21.Cc1ccc2c(c1)C(C)[n+]1c-2sc2ccccc21.Cc1ccc2c(c1)C(C)[n+]1ccccc1-2.Cc1ccc2c3c(sc2c1)-c1cccc[n+]1C3C. The molecule has 25 rings (SSSR count). The Hall–Kier alpha value is -11.9. The number of pyridine rings is 7. The summed E-state index contributed by atoms with van der Waals surface area (Å²) in [4.78, 5) is 4.32. The van der Waals surface area contributed by atoms with Crippen LogP contribution in [-0.4, -0.2) is 0 Å². The first-order valence-corrected chi connectivity index (χ1v) is 42.9. The molecule has 0 fully saturated rings. The molecule has 18 heterocycles. The van der Waals surface area contributed by atoms with Gasteiger partial charge in [-0.05, 0) is 169 Å². The molecule has 7 aliphatic rings. The molecule has 0 radical (unpaired) electrons. The maximum atomic E-state index is 6.01. The Morgan fingerprint density at radius 2 is 0.826 bits per heavy atom. The molecule has 0 saturated heterocycles. The van der Waals surface area contributed by atoms with Crippen molar-refractivity contribution in [1.82, 2.24) is 0 Å². The van der Waals surface area contributed by atoms with Crippen molar-refractivity contribution in [2.24, 2.45) is 0 Å². The summed E-state index contributed by atoms with van der Waals surface area (Å²) in [6.07, 6.45) is 16.1. The Morgan fingerprint density at radius 3 is 1.57 bits per heavy atom. The zero-order chi connectivity index (χ0) is 78.9. The number of hydrogen-bond acceptors (Lipinski definition) is 4. The minimum atomic E-state index is 0.346. The number of rotatable bonds is 0. The number of fused-ring (bicyclic) bond motifs is 24. The van der Waals surface area contributed by atoms with Crippen molar-refractivity contribution < 1.29 is 45.5 Å². The van der Waals surface area contributed by atoms with Gasteiger partial charge in [-0.1, -0.05) is 82.6 Å². The number of para-hydroxylation sites is 3. The molecule has 115 heavy (non-hydrogen) atoms. The highest BCUT2D eigenvalue weighted by molar-refractivity contribution is 7.22. The highest BCUT2D eigenvalue weighted by atomic mass is 32.1. The molecule has 0 bridgehead atoms. The molecular weight excluding hydrogens is 1460 g/mol. The van der Waals surface area contributed by atoms with Crippen molar-refractivity contribution in [2.45, 2.75) is 139 Å². The van der Waals surface area contributed by atoms with Crippen molar-refractivity contribution >= 4 is 87.2 Å². The number of nitrogens with zero attached hydrogens (tertiary/aromatic N) is 9. The van der Waals surface area contributed by atoms with Crippen LogP contribution in [0, 0.1) is 48.5 Å². The number of thiazole rings is 1. The summed E-state index contributed by atoms with van der Waals surface area (Å²) in [6.45, 7) is 30.9. The van der Waals surface area contributed by atoms with Gasteiger partial charge in [0.2, 0.25) is 28.2 Å². The molecule has 7 atom stereocenters. The zero-order valence-electron chi connectivity index (χ0n) is 67.8. The van der Waals surface area contributed by atoms with E-state index < -0.39 is 0 Å². The van der Waals surface area contributed by atoms with Crippen molar-refractivity contribution in [3.05, 3.63) is 352 Å². The third-order valence-corrected chi connectivity index (χ3v) is 27.9. The fraction of sp³-hybridized carbons (Fsp3) is 0.206. The smallest absolute Gasteiger partial charge is 0.382 e. The molecule has 13 heteroatoms. The first-order chi connectivity index (χ1) is 55.8. The van der Waals surface area contributed by atoms with E-state index in [4.69, 9.17) is 4.42 Å². The van der Waals surface area contributed by atoms with Gasteiger partial charge in [0.25, 0.3) is 32.9 Å². The lowest BCUT2D eigenvalue weighted by molar-refractivity contribution is -0.906. The van der Waals surface area contributed by atoms with E-state index in [1.807, 2.05) is 46.1 Å². The molecule has 11 aromatic heterocycles. The highest BCUT2D eigenvalue weighted by Crippen LogP contribution is 2.46. The van der Waals surface area contributed by atoms with E-state index >= 15 is 0 Å². The van der Waals surface area contributed by atoms with Gasteiger partial charge in [0, 0.05) is 156 Å². The Labute approximate surface area is 685 Å². The van der Waals surface area contributed by atoms with Gasteiger partial charge in [0.15, 0.2) is 73.6 Å². The Kier molecular flexibility index (Phi) is 18.6. The Bertz CT molecular complexity index is 6730. The third kappa shape index (κ3) is 12.5. The van der Waals surface area contributed by atoms with Crippen molar-refractivity contribution in [1.29, 1.82) is 0 Å². The van der Waals surface area contributed by atoms with Crippen LogP contribution in [0.15, 0.2) is 290 Å². The van der Waals surface area contributed by atoms with E-state index in [9.17, 15) is 0 Å². The van der Waals surface area contributed by atoms with Crippen LogP contribution in [0.1, 0.15) is 157 Å². The lowest BCUT2D eigenvalue weighted by atomic mass is 10.0. The molecule has 7 aliphatic heterocycles. The quantitative estimate of drug-likeness (QED) is 0.110. The summed E-state index contributed by atoms with van der Waals surface area (Å²) in [5.41, 5.74) is 32.1. The Balaban J connectivity index is 0.0000000899. The summed E-state index contributed by atoms with van der Waals surface area (Å²) in [5, 5.41) is 5.49. The first-order valence-electron chi connectivity index (χ1n) is 40.5. The summed E-state index contributed by atoms with van der Waals surface area (Å²) < 4.78 is 30.0. The van der Waals surface area contributed by atoms with E-state index in [0.29, 0.717) is 42.5 Å². The minimum absolute atomic E-state index is 0.346. The van der Waals surface area contributed by atoms with Crippen LogP contribution >= 0.6 is 34.0 Å². The van der Waals surface area contributed by atoms with Gasteiger partial charge < -0.3 is 4.42 Å². The second-order valence-electron chi connectivity index (χ2n) is 32.1. The number of aryl methyl sites for hydroxylation is 7. The summed E-state index contributed by atoms with van der Waals surface area (Å²) in [6, 6.07) is 89.4. The van der Waals surface area contributed by atoms with Gasteiger partial charge in [-0.3, -0.25) is 0 Å². The third-order valence-electron chi connectivity index (χ3n) is 24.5. The molecule has 0 saturated carbocycles. The molecule has 18 aromatic rings.